The molecule has 0 rings (SSSR count). The molecule has 8 heteroatoms. The van der Waals surface area contributed by atoms with Gasteiger partial charge in [0.2, 0.25) is 0 Å². The minimum absolute atomic E-state index is 0.0526. The van der Waals surface area contributed by atoms with Crippen LogP contribution in [-0.4, -0.2) is 34.3 Å². The monoisotopic (exact) mass is 198 g/mol. The van der Waals surface area contributed by atoms with Crippen LogP contribution in [0.3, 0.4) is 0 Å². The molecule has 0 bridgehead atoms. The molecule has 0 saturated carbocycles. The van der Waals surface area contributed by atoms with Crippen molar-refractivity contribution >= 4 is 13.8 Å². The summed E-state index contributed by atoms with van der Waals surface area (Å²) in [6, 6.07) is 0. The molecule has 0 aliphatic rings. The van der Waals surface area contributed by atoms with Gasteiger partial charge < -0.3 is 14.5 Å². The Morgan fingerprint density at radius 2 is 2.17 bits per heavy atom. The van der Waals surface area contributed by atoms with E-state index in [1.807, 2.05) is 5.43 Å². The lowest BCUT2D eigenvalue weighted by Crippen LogP contribution is -2.37. The standard InChI is InChI=1S/C4H11N2O5P/c1-3-11-4(7)6(5-2)12(8,9)10/h5H,3H2,1-2H3,(H2,8,9,10). The highest BCUT2D eigenvalue weighted by atomic mass is 31.2. The maximum absolute atomic E-state index is 10.8. The first kappa shape index (κ1) is 11.4. The Balaban J connectivity index is 4.36. The van der Waals surface area contributed by atoms with Gasteiger partial charge in [-0.15, -0.1) is 4.78 Å². The van der Waals surface area contributed by atoms with Gasteiger partial charge >= 0.3 is 13.8 Å². The highest BCUT2D eigenvalue weighted by molar-refractivity contribution is 7.49. The molecule has 7 nitrogen and oxygen atoms in total. The Bertz CT molecular complexity index is 202. The van der Waals surface area contributed by atoms with E-state index in [4.69, 9.17) is 9.79 Å². The van der Waals surface area contributed by atoms with Crippen molar-refractivity contribution in [3.8, 4) is 0 Å². The van der Waals surface area contributed by atoms with E-state index in [1.165, 1.54) is 14.0 Å². The zero-order valence-electron chi connectivity index (χ0n) is 6.72. The molecule has 0 aromatic heterocycles. The summed E-state index contributed by atoms with van der Waals surface area (Å²) in [6.07, 6.45) is -1.10. The number of ether oxygens (including phenoxy) is 1. The summed E-state index contributed by atoms with van der Waals surface area (Å²) in [4.78, 5) is 27.9. The molecule has 0 spiro atoms. The fourth-order valence-corrected chi connectivity index (χ4v) is 1.04. The minimum atomic E-state index is -4.61. The van der Waals surface area contributed by atoms with Crippen LogP contribution in [0.1, 0.15) is 6.92 Å². The van der Waals surface area contributed by atoms with E-state index in [1.54, 1.807) is 0 Å². The molecule has 1 amide bonds. The van der Waals surface area contributed by atoms with Gasteiger partial charge in [0.1, 0.15) is 0 Å². The summed E-state index contributed by atoms with van der Waals surface area (Å²) in [6.45, 7) is 1.59. The summed E-state index contributed by atoms with van der Waals surface area (Å²) < 4.78 is 15.0. The summed E-state index contributed by atoms with van der Waals surface area (Å²) in [5.74, 6) is 0. The average molecular weight is 198 g/mol. The number of hydrogen-bond donors (Lipinski definition) is 3. The molecule has 72 valence electrons. The predicted molar refractivity (Wildman–Crippen MR) is 40.0 cm³/mol. The number of rotatable bonds is 3. The van der Waals surface area contributed by atoms with Gasteiger partial charge in [-0.3, -0.25) is 0 Å². The third kappa shape index (κ3) is 3.19. The molecule has 0 saturated heterocycles. The molecular formula is C4H11N2O5P. The smallest absolute Gasteiger partial charge is 0.448 e. The molecule has 0 aliphatic carbocycles. The summed E-state index contributed by atoms with van der Waals surface area (Å²) in [5, 5.41) is 0. The van der Waals surface area contributed by atoms with Crippen molar-refractivity contribution < 1.29 is 23.9 Å². The molecule has 0 heterocycles. The van der Waals surface area contributed by atoms with Crippen molar-refractivity contribution in [1.29, 1.82) is 0 Å². The van der Waals surface area contributed by atoms with Crippen LogP contribution in [0.2, 0.25) is 0 Å². The van der Waals surface area contributed by atoms with E-state index in [0.29, 0.717) is 0 Å². The van der Waals surface area contributed by atoms with Crippen LogP contribution < -0.4 is 5.43 Å². The fraction of sp³-hybridized carbons (Fsp3) is 0.750. The van der Waals surface area contributed by atoms with Crippen LogP contribution in [-0.2, 0) is 9.30 Å². The van der Waals surface area contributed by atoms with Crippen molar-refractivity contribution in [2.45, 2.75) is 6.92 Å². The van der Waals surface area contributed by atoms with Gasteiger partial charge in [0.15, 0.2) is 0 Å². The van der Waals surface area contributed by atoms with Gasteiger partial charge in [0, 0.05) is 7.05 Å². The first-order valence-corrected chi connectivity index (χ1v) is 4.70. The Morgan fingerprint density at radius 1 is 1.67 bits per heavy atom. The summed E-state index contributed by atoms with van der Waals surface area (Å²) in [5.41, 5.74) is 2.02. The van der Waals surface area contributed by atoms with Gasteiger partial charge in [0.05, 0.1) is 6.61 Å². The Morgan fingerprint density at radius 3 is 2.42 bits per heavy atom. The first-order chi connectivity index (χ1) is 5.43. The Hall–Kier alpha value is -0.620. The van der Waals surface area contributed by atoms with E-state index in [0.717, 1.165) is 0 Å². The average Bonchev–Trinajstić information content (AvgIpc) is 1.85. The van der Waals surface area contributed by atoms with Crippen molar-refractivity contribution in [2.24, 2.45) is 0 Å². The highest BCUT2D eigenvalue weighted by Crippen LogP contribution is 2.38. The van der Waals surface area contributed by atoms with Gasteiger partial charge in [-0.05, 0) is 6.92 Å². The van der Waals surface area contributed by atoms with Crippen LogP contribution in [0.25, 0.3) is 0 Å². The van der Waals surface area contributed by atoms with E-state index in [9.17, 15) is 9.36 Å². The molecular weight excluding hydrogens is 187 g/mol. The number of carbonyl (C=O) groups excluding carboxylic acids is 1. The van der Waals surface area contributed by atoms with Crippen LogP contribution in [0.15, 0.2) is 0 Å². The lowest BCUT2D eigenvalue weighted by Gasteiger charge is -2.20. The maximum atomic E-state index is 10.8. The van der Waals surface area contributed by atoms with E-state index < -0.39 is 13.8 Å². The molecule has 0 aliphatic heterocycles. The van der Waals surface area contributed by atoms with Crippen LogP contribution in [0, 0.1) is 0 Å². The zero-order valence-corrected chi connectivity index (χ0v) is 7.62. The second-order valence-electron chi connectivity index (χ2n) is 1.75. The number of hydrogen-bond acceptors (Lipinski definition) is 4. The normalized spacial score (nSPS) is 11.0. The van der Waals surface area contributed by atoms with Crippen molar-refractivity contribution in [1.82, 2.24) is 10.2 Å². The van der Waals surface area contributed by atoms with E-state index in [2.05, 4.69) is 4.74 Å². The van der Waals surface area contributed by atoms with Crippen LogP contribution in [0.4, 0.5) is 4.79 Å². The minimum Gasteiger partial charge on any atom is -0.448 e. The van der Waals surface area contributed by atoms with Gasteiger partial charge in [0.25, 0.3) is 0 Å². The van der Waals surface area contributed by atoms with Gasteiger partial charge in [-0.2, -0.15) is 0 Å². The third-order valence-electron chi connectivity index (χ3n) is 0.913. The molecule has 3 N–H and O–H groups in total. The molecule has 0 aromatic rings. The van der Waals surface area contributed by atoms with Crippen LogP contribution >= 0.6 is 7.75 Å². The molecule has 0 aromatic carbocycles. The van der Waals surface area contributed by atoms with E-state index in [-0.39, 0.29) is 11.4 Å². The highest BCUT2D eigenvalue weighted by Gasteiger charge is 2.30. The Labute approximate surface area is 69.5 Å². The molecule has 0 fully saturated rings. The first-order valence-electron chi connectivity index (χ1n) is 3.13. The van der Waals surface area contributed by atoms with Crippen molar-refractivity contribution in [3.63, 3.8) is 0 Å². The predicted octanol–water partition coefficient (Wildman–Crippen LogP) is -0.328. The topological polar surface area (TPSA) is 99.1 Å². The molecule has 0 radical (unpaired) electrons. The molecule has 0 atom stereocenters. The second-order valence-corrected chi connectivity index (χ2v) is 3.17. The molecule has 0 unspecified atom stereocenters. The quantitative estimate of drug-likeness (QED) is 0.424. The van der Waals surface area contributed by atoms with E-state index >= 15 is 0 Å². The van der Waals surface area contributed by atoms with Gasteiger partial charge in [-0.1, -0.05) is 0 Å². The summed E-state index contributed by atoms with van der Waals surface area (Å²) >= 11 is 0. The number of nitrogens with zero attached hydrogens (tertiary/aromatic N) is 1. The second kappa shape index (κ2) is 4.42. The maximum Gasteiger partial charge on any atom is 0.449 e. The van der Waals surface area contributed by atoms with Crippen LogP contribution in [0.5, 0.6) is 0 Å². The number of hydrazine groups is 1. The third-order valence-corrected chi connectivity index (χ3v) is 1.80. The molecule has 12 heavy (non-hydrogen) atoms. The number of carbonyl (C=O) groups is 1. The Kier molecular flexibility index (Phi) is 4.19. The summed E-state index contributed by atoms with van der Waals surface area (Å²) in [7, 11) is -3.41. The largest absolute Gasteiger partial charge is 0.449 e. The lowest BCUT2D eigenvalue weighted by atomic mass is 10.9. The fourth-order valence-electron chi connectivity index (χ4n) is 0.513. The zero-order chi connectivity index (χ0) is 9.78. The number of amides is 1. The number of nitrogens with one attached hydrogen (secondary N) is 1. The SMILES string of the molecule is CCOC(=O)N(NC)P(=O)(O)O. The van der Waals surface area contributed by atoms with Gasteiger partial charge in [-0.25, -0.2) is 14.8 Å². The van der Waals surface area contributed by atoms with Crippen molar-refractivity contribution in [2.75, 3.05) is 13.7 Å². The lowest BCUT2D eigenvalue weighted by molar-refractivity contribution is 0.110. The van der Waals surface area contributed by atoms with Crippen molar-refractivity contribution in [3.05, 3.63) is 0 Å².